The number of unbranched alkanes of at least 4 members (excludes halogenated alkanes) is 3. The van der Waals surface area contributed by atoms with Gasteiger partial charge in [0.15, 0.2) is 0 Å². The summed E-state index contributed by atoms with van der Waals surface area (Å²) in [6.45, 7) is 23.8. The summed E-state index contributed by atoms with van der Waals surface area (Å²) in [6, 6.07) is 4.70. The molecular weight excluding hydrogens is 350 g/mol. The zero-order chi connectivity index (χ0) is 22.0. The molecule has 1 aromatic rings. The van der Waals surface area contributed by atoms with Crippen molar-refractivity contribution < 1.29 is 0 Å². The van der Waals surface area contributed by atoms with Gasteiger partial charge in [0.2, 0.25) is 0 Å². The Labute approximate surface area is 180 Å². The number of aryl methyl sites for hydroxylation is 2. The van der Waals surface area contributed by atoms with Gasteiger partial charge in [0.25, 0.3) is 0 Å². The monoisotopic (exact) mass is 393 g/mol. The molecule has 1 heteroatoms. The zero-order valence-electron chi connectivity index (χ0n) is 20.0. The highest BCUT2D eigenvalue weighted by molar-refractivity contribution is 5.62. The van der Waals surface area contributed by atoms with E-state index in [9.17, 15) is 0 Å². The molecule has 0 aliphatic rings. The van der Waals surface area contributed by atoms with Crippen molar-refractivity contribution in [3.8, 4) is 0 Å². The SMILES string of the molecule is C=C(Nc1cc(CCCCCC)c(C(C)C(=C)C)cc1C)C(/C=C\C(C)C)=C/C. The normalized spacial score (nSPS) is 13.2. The third-order valence-corrected chi connectivity index (χ3v) is 5.60. The fourth-order valence-corrected chi connectivity index (χ4v) is 3.44. The summed E-state index contributed by atoms with van der Waals surface area (Å²) >= 11 is 0. The van der Waals surface area contributed by atoms with Crippen LogP contribution in [0.1, 0.15) is 89.8 Å². The number of benzene rings is 1. The third kappa shape index (κ3) is 8.09. The van der Waals surface area contributed by atoms with E-state index in [0.29, 0.717) is 11.8 Å². The second kappa shape index (κ2) is 12.5. The van der Waals surface area contributed by atoms with Crippen LogP contribution in [-0.4, -0.2) is 0 Å². The van der Waals surface area contributed by atoms with Gasteiger partial charge in [-0.2, -0.15) is 0 Å². The molecule has 0 amide bonds. The molecule has 0 saturated carbocycles. The van der Waals surface area contributed by atoms with Crippen LogP contribution >= 0.6 is 0 Å². The molecule has 0 bridgehead atoms. The molecule has 0 aromatic heterocycles. The van der Waals surface area contributed by atoms with Crippen molar-refractivity contribution in [1.29, 1.82) is 0 Å². The Hall–Kier alpha value is -2.02. The first kappa shape index (κ1) is 25.0. The Bertz CT molecular complexity index is 746. The van der Waals surface area contributed by atoms with Crippen LogP contribution in [0.15, 0.2) is 60.4 Å². The van der Waals surface area contributed by atoms with E-state index < -0.39 is 0 Å². The van der Waals surface area contributed by atoms with Crippen LogP contribution in [0, 0.1) is 12.8 Å². The quantitative estimate of drug-likeness (QED) is 0.212. The van der Waals surface area contributed by atoms with Gasteiger partial charge in [-0.3, -0.25) is 0 Å². The Kier molecular flexibility index (Phi) is 10.8. The molecule has 29 heavy (non-hydrogen) atoms. The fraction of sp³-hybridized carbons (Fsp3) is 0.500. The van der Waals surface area contributed by atoms with Crippen LogP contribution in [-0.2, 0) is 6.42 Å². The summed E-state index contributed by atoms with van der Waals surface area (Å²) in [5.41, 5.74) is 8.60. The standard InChI is InChI=1S/C28H43N/c1-10-12-13-14-15-26-19-28(22(7)18-27(26)23(8)21(5)6)29-24(9)25(11-2)17-16-20(3)4/h11,16-20,23,29H,5,9-10,12-15H2,1-4,6-8H3/b17-16-,25-11+. The van der Waals surface area contributed by atoms with E-state index in [-0.39, 0.29) is 0 Å². The predicted molar refractivity (Wildman–Crippen MR) is 133 cm³/mol. The second-order valence-electron chi connectivity index (χ2n) is 8.70. The van der Waals surface area contributed by atoms with Gasteiger partial charge < -0.3 is 5.32 Å². The van der Waals surface area contributed by atoms with Gasteiger partial charge >= 0.3 is 0 Å². The molecule has 0 fully saturated rings. The van der Waals surface area contributed by atoms with Gasteiger partial charge in [0.1, 0.15) is 0 Å². The lowest BCUT2D eigenvalue weighted by atomic mass is 9.87. The first-order valence-electron chi connectivity index (χ1n) is 11.3. The van der Waals surface area contributed by atoms with E-state index in [2.05, 4.69) is 97.3 Å². The smallest absolute Gasteiger partial charge is 0.0416 e. The van der Waals surface area contributed by atoms with Gasteiger partial charge in [-0.1, -0.05) is 90.0 Å². The molecule has 1 rings (SSSR count). The second-order valence-corrected chi connectivity index (χ2v) is 8.70. The van der Waals surface area contributed by atoms with Crippen LogP contribution in [0.4, 0.5) is 5.69 Å². The average Bonchev–Trinajstić information content (AvgIpc) is 2.66. The fourth-order valence-electron chi connectivity index (χ4n) is 3.44. The van der Waals surface area contributed by atoms with Crippen LogP contribution in [0.2, 0.25) is 0 Å². The molecule has 0 aliphatic heterocycles. The summed E-state index contributed by atoms with van der Waals surface area (Å²) in [6.07, 6.45) is 12.7. The highest BCUT2D eigenvalue weighted by Gasteiger charge is 2.15. The highest BCUT2D eigenvalue weighted by atomic mass is 14.9. The van der Waals surface area contributed by atoms with Crippen molar-refractivity contribution >= 4 is 5.69 Å². The molecule has 1 N–H and O–H groups in total. The maximum Gasteiger partial charge on any atom is 0.0416 e. The minimum atomic E-state index is 0.382. The molecular formula is C28H43N. The molecule has 1 nitrogen and oxygen atoms in total. The molecule has 0 aliphatic carbocycles. The van der Waals surface area contributed by atoms with Crippen LogP contribution < -0.4 is 5.32 Å². The van der Waals surface area contributed by atoms with Gasteiger partial charge in [0.05, 0.1) is 0 Å². The van der Waals surface area contributed by atoms with Crippen molar-refractivity contribution in [3.63, 3.8) is 0 Å². The van der Waals surface area contributed by atoms with Gasteiger partial charge in [0, 0.05) is 17.3 Å². The lowest BCUT2D eigenvalue weighted by molar-refractivity contribution is 0.662. The van der Waals surface area contributed by atoms with E-state index in [0.717, 1.165) is 23.4 Å². The predicted octanol–water partition coefficient (Wildman–Crippen LogP) is 8.88. The van der Waals surface area contributed by atoms with Gasteiger partial charge in [-0.15, -0.1) is 0 Å². The number of nitrogens with one attached hydrogen (secondary N) is 1. The number of anilines is 1. The van der Waals surface area contributed by atoms with Crippen molar-refractivity contribution in [2.45, 2.75) is 86.5 Å². The molecule has 1 aromatic carbocycles. The molecule has 1 atom stereocenters. The molecule has 0 saturated heterocycles. The largest absolute Gasteiger partial charge is 0.355 e. The first-order valence-corrected chi connectivity index (χ1v) is 11.3. The maximum absolute atomic E-state index is 4.30. The minimum absolute atomic E-state index is 0.382. The van der Waals surface area contributed by atoms with Crippen LogP contribution in [0.5, 0.6) is 0 Å². The molecule has 0 spiro atoms. The number of rotatable bonds is 12. The van der Waals surface area contributed by atoms with E-state index in [4.69, 9.17) is 0 Å². The maximum atomic E-state index is 4.30. The summed E-state index contributed by atoms with van der Waals surface area (Å²) in [7, 11) is 0. The number of allylic oxidation sites excluding steroid dienone is 4. The van der Waals surface area contributed by atoms with E-state index >= 15 is 0 Å². The highest BCUT2D eigenvalue weighted by Crippen LogP contribution is 2.32. The Morgan fingerprint density at radius 1 is 1.10 bits per heavy atom. The lowest BCUT2D eigenvalue weighted by Gasteiger charge is -2.21. The van der Waals surface area contributed by atoms with E-state index in [1.165, 1.54) is 47.9 Å². The third-order valence-electron chi connectivity index (χ3n) is 5.60. The summed E-state index contributed by atoms with van der Waals surface area (Å²) in [5.74, 6) is 0.907. The molecule has 0 heterocycles. The number of hydrogen-bond donors (Lipinski definition) is 1. The summed E-state index contributed by atoms with van der Waals surface area (Å²) in [4.78, 5) is 0. The van der Waals surface area contributed by atoms with Crippen molar-refractivity contribution in [1.82, 2.24) is 0 Å². The minimum Gasteiger partial charge on any atom is -0.355 e. The van der Waals surface area contributed by atoms with Gasteiger partial charge in [-0.25, -0.2) is 0 Å². The van der Waals surface area contributed by atoms with Crippen molar-refractivity contribution in [2.24, 2.45) is 5.92 Å². The van der Waals surface area contributed by atoms with E-state index in [1.807, 2.05) is 0 Å². The summed E-state index contributed by atoms with van der Waals surface area (Å²) < 4.78 is 0. The molecule has 0 radical (unpaired) electrons. The Balaban J connectivity index is 3.16. The molecule has 1 unspecified atom stereocenters. The first-order chi connectivity index (χ1) is 13.7. The van der Waals surface area contributed by atoms with Crippen molar-refractivity contribution in [2.75, 3.05) is 5.32 Å². The van der Waals surface area contributed by atoms with Gasteiger partial charge in [-0.05, 0) is 67.9 Å². The van der Waals surface area contributed by atoms with Crippen molar-refractivity contribution in [3.05, 3.63) is 77.1 Å². The Morgan fingerprint density at radius 3 is 2.34 bits per heavy atom. The van der Waals surface area contributed by atoms with Crippen LogP contribution in [0.3, 0.4) is 0 Å². The molecule has 160 valence electrons. The van der Waals surface area contributed by atoms with E-state index in [1.54, 1.807) is 0 Å². The zero-order valence-corrected chi connectivity index (χ0v) is 20.0. The van der Waals surface area contributed by atoms with Crippen LogP contribution in [0.25, 0.3) is 0 Å². The Morgan fingerprint density at radius 2 is 1.79 bits per heavy atom. The average molecular weight is 394 g/mol. The number of hydrogen-bond acceptors (Lipinski definition) is 1. The lowest BCUT2D eigenvalue weighted by Crippen LogP contribution is -2.07. The topological polar surface area (TPSA) is 12.0 Å². The summed E-state index contributed by atoms with van der Waals surface area (Å²) in [5, 5.41) is 3.59.